The van der Waals surface area contributed by atoms with Gasteiger partial charge in [-0.15, -0.1) is 0 Å². The molecule has 0 N–H and O–H groups in total. The van der Waals surface area contributed by atoms with E-state index in [1.807, 2.05) is 4.90 Å². The summed E-state index contributed by atoms with van der Waals surface area (Å²) in [6, 6.07) is 1.44. The highest BCUT2D eigenvalue weighted by Gasteiger charge is 2.26. The topological polar surface area (TPSA) is 112 Å². The van der Waals surface area contributed by atoms with Crippen LogP contribution in [-0.2, 0) is 11.8 Å². The third-order valence-corrected chi connectivity index (χ3v) is 5.70. The molecule has 1 aliphatic rings. The Morgan fingerprint density at radius 3 is 2.30 bits per heavy atom. The van der Waals surface area contributed by atoms with Crippen LogP contribution in [0.15, 0.2) is 34.2 Å². The number of nitrogens with zero attached hydrogens (tertiary/aromatic N) is 6. The lowest BCUT2D eigenvalue weighted by atomic mass is 10.0. The van der Waals surface area contributed by atoms with Gasteiger partial charge in [0.1, 0.15) is 5.60 Å². The van der Waals surface area contributed by atoms with Gasteiger partial charge in [-0.3, -0.25) is 14.2 Å². The van der Waals surface area contributed by atoms with Gasteiger partial charge < -0.3 is 14.2 Å². The van der Waals surface area contributed by atoms with Gasteiger partial charge in [0.2, 0.25) is 5.95 Å². The van der Waals surface area contributed by atoms with Gasteiger partial charge in [-0.05, 0) is 39.7 Å². The minimum atomic E-state index is -0.616. The standard InChI is InChI=1S/C22H25ClN6O4/c1-22(2,3)33-20(32)13-10-25-21(26-11-13)28-7-5-15(6-8-28)29-17-16(9-14(23)12-24-17)27(4)18(30)19(29)31/h9-12,15H,5-8H2,1-4H3. The summed E-state index contributed by atoms with van der Waals surface area (Å²) < 4.78 is 8.10. The van der Waals surface area contributed by atoms with Crippen LogP contribution in [0.25, 0.3) is 11.2 Å². The zero-order valence-electron chi connectivity index (χ0n) is 18.9. The molecule has 11 heteroatoms. The predicted octanol–water partition coefficient (Wildman–Crippen LogP) is 2.34. The maximum atomic E-state index is 12.8. The number of fused-ring (bicyclic) bond motifs is 1. The average molecular weight is 473 g/mol. The number of hydrogen-bond acceptors (Lipinski definition) is 8. The zero-order valence-corrected chi connectivity index (χ0v) is 19.7. The lowest BCUT2D eigenvalue weighted by Crippen LogP contribution is -2.45. The molecule has 0 aromatic carbocycles. The van der Waals surface area contributed by atoms with Crippen molar-refractivity contribution >= 4 is 34.7 Å². The molecule has 0 saturated carbocycles. The Hall–Kier alpha value is -3.27. The maximum Gasteiger partial charge on any atom is 0.341 e. The van der Waals surface area contributed by atoms with E-state index in [2.05, 4.69) is 15.0 Å². The molecule has 0 unspecified atom stereocenters. The molecule has 1 saturated heterocycles. The summed E-state index contributed by atoms with van der Waals surface area (Å²) in [7, 11) is 1.54. The molecule has 0 radical (unpaired) electrons. The monoisotopic (exact) mass is 472 g/mol. The summed E-state index contributed by atoms with van der Waals surface area (Å²) in [4.78, 5) is 52.4. The third-order valence-electron chi connectivity index (χ3n) is 5.50. The van der Waals surface area contributed by atoms with Crippen LogP contribution in [0, 0.1) is 0 Å². The highest BCUT2D eigenvalue weighted by Crippen LogP contribution is 2.26. The van der Waals surface area contributed by atoms with E-state index in [9.17, 15) is 14.4 Å². The molecular weight excluding hydrogens is 448 g/mol. The first kappa shape index (κ1) is 22.9. The van der Waals surface area contributed by atoms with Crippen LogP contribution in [0.2, 0.25) is 5.02 Å². The number of halogens is 1. The molecule has 1 fully saturated rings. The van der Waals surface area contributed by atoms with Crippen molar-refractivity contribution in [3.63, 3.8) is 0 Å². The number of pyridine rings is 1. The molecule has 4 heterocycles. The molecule has 174 valence electrons. The van der Waals surface area contributed by atoms with Gasteiger partial charge in [-0.2, -0.15) is 0 Å². The molecule has 0 spiro atoms. The van der Waals surface area contributed by atoms with Crippen LogP contribution < -0.4 is 16.0 Å². The Balaban J connectivity index is 1.53. The number of anilines is 1. The SMILES string of the molecule is Cn1c(=O)c(=O)n(C2CCN(c3ncc(C(=O)OC(C)(C)C)cn3)CC2)c2ncc(Cl)cc21. The number of rotatable bonds is 3. The largest absolute Gasteiger partial charge is 0.456 e. The van der Waals surface area contributed by atoms with Gasteiger partial charge >= 0.3 is 17.1 Å². The number of ether oxygens (including phenoxy) is 1. The molecule has 33 heavy (non-hydrogen) atoms. The Kier molecular flexibility index (Phi) is 5.96. The second-order valence-electron chi connectivity index (χ2n) is 9.03. The number of aryl methyl sites for hydroxylation is 1. The zero-order chi connectivity index (χ0) is 23.9. The second-order valence-corrected chi connectivity index (χ2v) is 9.46. The number of esters is 1. The van der Waals surface area contributed by atoms with Crippen LogP contribution in [0.3, 0.4) is 0 Å². The summed E-state index contributed by atoms with van der Waals surface area (Å²) in [6.07, 6.45) is 5.58. The number of carbonyl (C=O) groups is 1. The fraction of sp³-hybridized carbons (Fsp3) is 0.455. The van der Waals surface area contributed by atoms with E-state index in [0.29, 0.717) is 48.1 Å². The number of hydrogen-bond donors (Lipinski definition) is 0. The van der Waals surface area contributed by atoms with Crippen LogP contribution in [0.5, 0.6) is 0 Å². The van der Waals surface area contributed by atoms with Gasteiger partial charge in [-0.1, -0.05) is 11.6 Å². The summed E-state index contributed by atoms with van der Waals surface area (Å²) in [5, 5.41) is 0.393. The molecule has 10 nitrogen and oxygen atoms in total. The van der Waals surface area contributed by atoms with Crippen molar-refractivity contribution in [2.75, 3.05) is 18.0 Å². The number of aromatic nitrogens is 5. The first-order valence-corrected chi connectivity index (χ1v) is 11.0. The quantitative estimate of drug-likeness (QED) is 0.421. The van der Waals surface area contributed by atoms with Crippen LogP contribution in [0.1, 0.15) is 50.0 Å². The summed E-state index contributed by atoms with van der Waals surface area (Å²) >= 11 is 6.06. The van der Waals surface area contributed by atoms with Crippen molar-refractivity contribution in [1.29, 1.82) is 0 Å². The molecular formula is C22H25ClN6O4. The van der Waals surface area contributed by atoms with Gasteiger partial charge in [0, 0.05) is 44.8 Å². The first-order chi connectivity index (χ1) is 15.5. The maximum absolute atomic E-state index is 12.8. The van der Waals surface area contributed by atoms with Gasteiger partial charge in [0.25, 0.3) is 0 Å². The summed E-state index contributed by atoms with van der Waals surface area (Å²) in [5.74, 6) is 0.0177. The van der Waals surface area contributed by atoms with Gasteiger partial charge in [0.15, 0.2) is 5.65 Å². The lowest BCUT2D eigenvalue weighted by molar-refractivity contribution is 0.00686. The predicted molar refractivity (Wildman–Crippen MR) is 124 cm³/mol. The van der Waals surface area contributed by atoms with Gasteiger partial charge in [0.05, 0.1) is 16.1 Å². The van der Waals surface area contributed by atoms with Crippen LogP contribution >= 0.6 is 11.6 Å². The minimum absolute atomic E-state index is 0.195. The second kappa shape index (κ2) is 8.58. The number of piperidine rings is 1. The minimum Gasteiger partial charge on any atom is -0.456 e. The smallest absolute Gasteiger partial charge is 0.341 e. The van der Waals surface area contributed by atoms with Crippen molar-refractivity contribution in [1.82, 2.24) is 24.1 Å². The van der Waals surface area contributed by atoms with Crippen molar-refractivity contribution in [3.8, 4) is 0 Å². The van der Waals surface area contributed by atoms with Crippen LogP contribution in [0.4, 0.5) is 5.95 Å². The van der Waals surface area contributed by atoms with E-state index in [1.165, 1.54) is 34.8 Å². The Labute approximate surface area is 194 Å². The van der Waals surface area contributed by atoms with E-state index >= 15 is 0 Å². The van der Waals surface area contributed by atoms with Crippen molar-refractivity contribution in [2.45, 2.75) is 45.3 Å². The third kappa shape index (κ3) is 4.61. The first-order valence-electron chi connectivity index (χ1n) is 10.6. The molecule has 4 rings (SSSR count). The normalized spacial score (nSPS) is 15.1. The van der Waals surface area contributed by atoms with Crippen molar-refractivity contribution < 1.29 is 9.53 Å². The molecule has 0 bridgehead atoms. The molecule has 1 aliphatic heterocycles. The van der Waals surface area contributed by atoms with E-state index in [4.69, 9.17) is 16.3 Å². The Morgan fingerprint density at radius 1 is 1.06 bits per heavy atom. The van der Waals surface area contributed by atoms with Crippen LogP contribution in [-0.4, -0.2) is 48.7 Å². The average Bonchev–Trinajstić information content (AvgIpc) is 2.77. The van der Waals surface area contributed by atoms with E-state index < -0.39 is 22.7 Å². The Bertz CT molecular complexity index is 1320. The summed E-state index contributed by atoms with van der Waals surface area (Å²) in [5.41, 5.74) is -0.588. The fourth-order valence-electron chi connectivity index (χ4n) is 3.90. The highest BCUT2D eigenvalue weighted by molar-refractivity contribution is 6.31. The Morgan fingerprint density at radius 2 is 1.70 bits per heavy atom. The highest BCUT2D eigenvalue weighted by atomic mass is 35.5. The molecule has 0 amide bonds. The van der Waals surface area contributed by atoms with E-state index in [-0.39, 0.29) is 11.6 Å². The summed E-state index contributed by atoms with van der Waals surface area (Å²) in [6.45, 7) is 6.54. The van der Waals surface area contributed by atoms with Crippen molar-refractivity contribution in [2.24, 2.45) is 7.05 Å². The molecule has 3 aromatic heterocycles. The fourth-order valence-corrected chi connectivity index (χ4v) is 4.05. The van der Waals surface area contributed by atoms with Gasteiger partial charge in [-0.25, -0.2) is 19.7 Å². The molecule has 3 aromatic rings. The van der Waals surface area contributed by atoms with E-state index in [0.717, 1.165) is 0 Å². The molecule has 0 aliphatic carbocycles. The van der Waals surface area contributed by atoms with Crippen molar-refractivity contribution in [3.05, 3.63) is 56.0 Å². The lowest BCUT2D eigenvalue weighted by Gasteiger charge is -2.33. The number of carbonyl (C=O) groups excluding carboxylic acids is 1. The van der Waals surface area contributed by atoms with E-state index in [1.54, 1.807) is 26.8 Å². The molecule has 0 atom stereocenters.